The maximum atomic E-state index is 12.8. The van der Waals surface area contributed by atoms with Gasteiger partial charge in [0.1, 0.15) is 13.2 Å². The van der Waals surface area contributed by atoms with Gasteiger partial charge in [-0.05, 0) is 64.2 Å². The predicted octanol–water partition coefficient (Wildman–Crippen LogP) is 18.8. The van der Waals surface area contributed by atoms with Crippen LogP contribution in [0.15, 0.2) is 60.8 Å². The van der Waals surface area contributed by atoms with Crippen LogP contribution < -0.4 is 0 Å². The number of allylic oxidation sites excluding steroid dienone is 10. The molecule has 0 heterocycles. The van der Waals surface area contributed by atoms with Crippen molar-refractivity contribution in [1.29, 1.82) is 0 Å². The molecule has 0 rings (SSSR count). The minimum absolute atomic E-state index is 0.0739. The van der Waals surface area contributed by atoms with Gasteiger partial charge in [0.2, 0.25) is 0 Å². The second kappa shape index (κ2) is 54.7. The van der Waals surface area contributed by atoms with Crippen LogP contribution in [0.4, 0.5) is 0 Å². The fourth-order valence-electron chi connectivity index (χ4n) is 8.06. The van der Waals surface area contributed by atoms with Crippen LogP contribution in [-0.4, -0.2) is 37.2 Å². The summed E-state index contributed by atoms with van der Waals surface area (Å²) in [6, 6.07) is 0. The largest absolute Gasteiger partial charge is 0.462 e. The zero-order chi connectivity index (χ0) is 47.9. The number of unbranched alkanes of at least 4 members (excludes halogenated alkanes) is 30. The maximum absolute atomic E-state index is 12.8. The van der Waals surface area contributed by atoms with Gasteiger partial charge in [0, 0.05) is 19.3 Å². The van der Waals surface area contributed by atoms with Crippen molar-refractivity contribution in [1.82, 2.24) is 0 Å². The third-order valence-electron chi connectivity index (χ3n) is 12.3. The molecule has 0 radical (unpaired) electrons. The number of hydrogen-bond acceptors (Lipinski definition) is 6. The van der Waals surface area contributed by atoms with Crippen molar-refractivity contribution in [3.8, 4) is 0 Å². The average molecular weight is 924 g/mol. The van der Waals surface area contributed by atoms with Crippen molar-refractivity contribution in [2.24, 2.45) is 0 Å². The topological polar surface area (TPSA) is 78.9 Å². The highest BCUT2D eigenvalue weighted by molar-refractivity contribution is 5.71. The lowest BCUT2D eigenvalue weighted by Gasteiger charge is -2.18. The molecule has 0 saturated heterocycles. The van der Waals surface area contributed by atoms with Gasteiger partial charge in [0.25, 0.3) is 0 Å². The maximum Gasteiger partial charge on any atom is 0.306 e. The Morgan fingerprint density at radius 1 is 0.318 bits per heavy atom. The summed E-state index contributed by atoms with van der Waals surface area (Å²) in [7, 11) is 0. The third-order valence-corrected chi connectivity index (χ3v) is 12.3. The van der Waals surface area contributed by atoms with Crippen LogP contribution in [0, 0.1) is 0 Å². The molecule has 0 aromatic heterocycles. The molecule has 0 aliphatic carbocycles. The van der Waals surface area contributed by atoms with E-state index >= 15 is 0 Å². The fraction of sp³-hybridized carbons (Fsp3) is 0.783. The summed E-state index contributed by atoms with van der Waals surface area (Å²) < 4.78 is 16.8. The van der Waals surface area contributed by atoms with E-state index in [9.17, 15) is 14.4 Å². The molecule has 0 aliphatic rings. The molecule has 0 aromatic carbocycles. The molecule has 66 heavy (non-hydrogen) atoms. The Labute approximate surface area is 409 Å². The van der Waals surface area contributed by atoms with Gasteiger partial charge in [-0.15, -0.1) is 0 Å². The van der Waals surface area contributed by atoms with Crippen LogP contribution in [0.1, 0.15) is 284 Å². The van der Waals surface area contributed by atoms with Crippen molar-refractivity contribution in [3.05, 3.63) is 60.8 Å². The van der Waals surface area contributed by atoms with Gasteiger partial charge < -0.3 is 14.2 Å². The zero-order valence-corrected chi connectivity index (χ0v) is 43.7. The fourth-order valence-corrected chi connectivity index (χ4v) is 8.06. The first-order chi connectivity index (χ1) is 32.5. The van der Waals surface area contributed by atoms with E-state index in [4.69, 9.17) is 14.2 Å². The highest BCUT2D eigenvalue weighted by Gasteiger charge is 2.19. The summed E-state index contributed by atoms with van der Waals surface area (Å²) in [5, 5.41) is 0. The highest BCUT2D eigenvalue weighted by Crippen LogP contribution is 2.16. The van der Waals surface area contributed by atoms with Crippen LogP contribution in [0.3, 0.4) is 0 Å². The minimum atomic E-state index is -0.774. The van der Waals surface area contributed by atoms with E-state index in [1.54, 1.807) is 0 Å². The number of carbonyl (C=O) groups is 3. The number of rotatable bonds is 51. The minimum Gasteiger partial charge on any atom is -0.462 e. The second-order valence-corrected chi connectivity index (χ2v) is 18.8. The van der Waals surface area contributed by atoms with Crippen molar-refractivity contribution in [3.63, 3.8) is 0 Å². The van der Waals surface area contributed by atoms with E-state index in [1.165, 1.54) is 148 Å². The van der Waals surface area contributed by atoms with Crippen LogP contribution in [0.5, 0.6) is 0 Å². The molecule has 1 unspecified atom stereocenters. The summed E-state index contributed by atoms with van der Waals surface area (Å²) in [4.78, 5) is 38.0. The van der Waals surface area contributed by atoms with E-state index in [0.29, 0.717) is 19.3 Å². The Kier molecular flexibility index (Phi) is 52.3. The SMILES string of the molecule is CC/C=C\C/C=C\C/C=C\C/C=C\C/C=C\CCCCCCCCCC(=O)OCC(COC(=O)CCCCCCCCCCCC)OC(=O)CCCCCCCCCCCCCCCCC. The second-order valence-electron chi connectivity index (χ2n) is 18.8. The summed E-state index contributed by atoms with van der Waals surface area (Å²) in [6.07, 6.45) is 67.8. The van der Waals surface area contributed by atoms with E-state index in [0.717, 1.165) is 96.3 Å². The molecule has 0 aliphatic heterocycles. The smallest absolute Gasteiger partial charge is 0.306 e. The van der Waals surface area contributed by atoms with Gasteiger partial charge in [-0.3, -0.25) is 14.4 Å². The van der Waals surface area contributed by atoms with Crippen molar-refractivity contribution in [2.75, 3.05) is 13.2 Å². The van der Waals surface area contributed by atoms with E-state index in [1.807, 2.05) is 0 Å². The Balaban J connectivity index is 4.29. The van der Waals surface area contributed by atoms with Crippen molar-refractivity contribution in [2.45, 2.75) is 290 Å². The summed E-state index contributed by atoms with van der Waals surface area (Å²) in [6.45, 7) is 6.53. The Morgan fingerprint density at radius 2 is 0.591 bits per heavy atom. The van der Waals surface area contributed by atoms with E-state index < -0.39 is 6.10 Å². The van der Waals surface area contributed by atoms with E-state index in [-0.39, 0.29) is 31.1 Å². The molecule has 0 fully saturated rings. The third kappa shape index (κ3) is 52.1. The molecular weight excluding hydrogens is 817 g/mol. The lowest BCUT2D eigenvalue weighted by atomic mass is 10.0. The first kappa shape index (κ1) is 63.1. The molecular formula is C60H106O6. The Morgan fingerprint density at radius 3 is 0.924 bits per heavy atom. The summed E-state index contributed by atoms with van der Waals surface area (Å²) in [5.41, 5.74) is 0. The Bertz CT molecular complexity index is 1200. The van der Waals surface area contributed by atoms with Gasteiger partial charge >= 0.3 is 17.9 Å². The molecule has 1 atom stereocenters. The van der Waals surface area contributed by atoms with E-state index in [2.05, 4.69) is 81.5 Å². The van der Waals surface area contributed by atoms with Gasteiger partial charge in [-0.25, -0.2) is 0 Å². The van der Waals surface area contributed by atoms with Gasteiger partial charge in [0.05, 0.1) is 0 Å². The molecule has 6 heteroatoms. The molecule has 0 spiro atoms. The number of esters is 3. The average Bonchev–Trinajstić information content (AvgIpc) is 3.31. The van der Waals surface area contributed by atoms with Gasteiger partial charge in [-0.2, -0.15) is 0 Å². The van der Waals surface area contributed by atoms with Crippen LogP contribution in [0.25, 0.3) is 0 Å². The quantitative estimate of drug-likeness (QED) is 0.0262. The summed E-state index contributed by atoms with van der Waals surface area (Å²) >= 11 is 0. The normalized spacial score (nSPS) is 12.5. The Hall–Kier alpha value is -2.89. The molecule has 0 amide bonds. The van der Waals surface area contributed by atoms with Gasteiger partial charge in [-0.1, -0.05) is 261 Å². The summed E-state index contributed by atoms with van der Waals surface area (Å²) in [5.74, 6) is -0.875. The number of carbonyl (C=O) groups excluding carboxylic acids is 3. The number of ether oxygens (including phenoxy) is 3. The molecule has 0 aromatic rings. The lowest BCUT2D eigenvalue weighted by Crippen LogP contribution is -2.30. The standard InChI is InChI=1S/C60H106O6/c1-4-7-10-13-16-19-22-24-26-27-28-29-30-31-32-33-35-36-38-41-44-47-50-53-59(62)65-56-57(55-64-58(61)52-49-46-43-40-21-18-15-12-9-6-3)66-60(63)54-51-48-45-42-39-37-34-25-23-20-17-14-11-8-5-2/h7,10,16,19,24,26,28-29,31-32,57H,4-6,8-9,11-15,17-18,20-23,25,27,30,33-56H2,1-3H3/b10-7-,19-16-,26-24-,29-28-,32-31-. The van der Waals surface area contributed by atoms with Crippen LogP contribution in [0.2, 0.25) is 0 Å². The van der Waals surface area contributed by atoms with Crippen molar-refractivity contribution < 1.29 is 28.6 Å². The first-order valence-electron chi connectivity index (χ1n) is 28.3. The first-order valence-corrected chi connectivity index (χ1v) is 28.3. The number of hydrogen-bond donors (Lipinski definition) is 0. The molecule has 382 valence electrons. The molecule has 0 N–H and O–H groups in total. The zero-order valence-electron chi connectivity index (χ0n) is 43.7. The van der Waals surface area contributed by atoms with Crippen LogP contribution >= 0.6 is 0 Å². The lowest BCUT2D eigenvalue weighted by molar-refractivity contribution is -0.167. The van der Waals surface area contributed by atoms with Gasteiger partial charge in [0.15, 0.2) is 6.10 Å². The van der Waals surface area contributed by atoms with Crippen LogP contribution in [-0.2, 0) is 28.6 Å². The molecule has 0 bridgehead atoms. The highest BCUT2D eigenvalue weighted by atomic mass is 16.6. The molecule has 0 saturated carbocycles. The monoisotopic (exact) mass is 923 g/mol. The predicted molar refractivity (Wildman–Crippen MR) is 284 cm³/mol. The van der Waals surface area contributed by atoms with Crippen molar-refractivity contribution >= 4 is 17.9 Å². The molecule has 6 nitrogen and oxygen atoms in total.